The maximum atomic E-state index is 13.0. The van der Waals surface area contributed by atoms with Crippen molar-refractivity contribution in [2.75, 3.05) is 24.3 Å². The number of carbonyl (C=O) groups excluding carboxylic acids is 3. The van der Waals surface area contributed by atoms with Crippen LogP contribution in [-0.4, -0.2) is 40.5 Å². The van der Waals surface area contributed by atoms with Gasteiger partial charge in [0, 0.05) is 11.3 Å². The molecule has 0 fully saturated rings. The zero-order valence-electron chi connectivity index (χ0n) is 18.9. The van der Waals surface area contributed by atoms with Crippen LogP contribution in [0.1, 0.15) is 36.6 Å². The molecule has 0 aliphatic heterocycles. The van der Waals surface area contributed by atoms with E-state index in [1.807, 2.05) is 13.0 Å². The van der Waals surface area contributed by atoms with Gasteiger partial charge in [0.25, 0.3) is 15.9 Å². The Morgan fingerprint density at radius 1 is 0.857 bits per heavy atom. The molecule has 182 valence electrons. The van der Waals surface area contributed by atoms with Gasteiger partial charge in [0.2, 0.25) is 0 Å². The number of sulfonamides is 1. The summed E-state index contributed by atoms with van der Waals surface area (Å²) in [6.07, 6.45) is 0. The first-order chi connectivity index (χ1) is 16.6. The van der Waals surface area contributed by atoms with E-state index in [4.69, 9.17) is 16.3 Å². The average Bonchev–Trinajstić information content (AvgIpc) is 2.82. The number of hydrogen-bond acceptors (Lipinski definition) is 7. The zero-order chi connectivity index (χ0) is 25.8. The predicted molar refractivity (Wildman–Crippen MR) is 131 cm³/mol. The average molecular weight is 517 g/mol. The Labute approximate surface area is 207 Å². The van der Waals surface area contributed by atoms with E-state index in [-0.39, 0.29) is 32.3 Å². The van der Waals surface area contributed by atoms with Crippen molar-refractivity contribution in [1.29, 1.82) is 0 Å². The molecule has 9 nitrogen and oxygen atoms in total. The number of carbonyl (C=O) groups is 3. The molecular formula is C24H21ClN2O7S. The van der Waals surface area contributed by atoms with Crippen LogP contribution in [0.15, 0.2) is 65.6 Å². The first-order valence-corrected chi connectivity index (χ1v) is 11.9. The van der Waals surface area contributed by atoms with Crippen molar-refractivity contribution in [3.8, 4) is 0 Å². The molecule has 0 spiro atoms. The fraction of sp³-hybridized carbons (Fsp3) is 0.125. The molecule has 0 aromatic heterocycles. The fourth-order valence-corrected chi connectivity index (χ4v) is 4.72. The number of esters is 2. The Balaban J connectivity index is 1.96. The minimum atomic E-state index is -4.13. The SMILES string of the molecule is COC(=O)c1ccc(C(=O)OC)c(NC(=O)c2ccc(Cl)c(S(=O)(=O)Nc3cccc(C)c3)c2)c1. The van der Waals surface area contributed by atoms with Crippen LogP contribution < -0.4 is 10.0 Å². The van der Waals surface area contributed by atoms with Crippen LogP contribution in [0.2, 0.25) is 5.02 Å². The number of benzene rings is 3. The summed E-state index contributed by atoms with van der Waals surface area (Å²) in [6, 6.07) is 14.3. The number of amides is 1. The van der Waals surface area contributed by atoms with Gasteiger partial charge in [0.15, 0.2) is 0 Å². The first kappa shape index (κ1) is 25.7. The second-order valence-corrected chi connectivity index (χ2v) is 9.38. The summed E-state index contributed by atoms with van der Waals surface area (Å²) >= 11 is 6.14. The maximum absolute atomic E-state index is 13.0. The van der Waals surface area contributed by atoms with Crippen molar-refractivity contribution >= 4 is 50.8 Å². The van der Waals surface area contributed by atoms with E-state index < -0.39 is 27.9 Å². The summed E-state index contributed by atoms with van der Waals surface area (Å²) < 4.78 is 37.8. The fourth-order valence-electron chi connectivity index (χ4n) is 3.14. The predicted octanol–water partition coefficient (Wildman–Crippen LogP) is 4.27. The molecule has 1 amide bonds. The largest absolute Gasteiger partial charge is 0.465 e. The molecule has 0 saturated heterocycles. The van der Waals surface area contributed by atoms with Crippen molar-refractivity contribution in [3.63, 3.8) is 0 Å². The third-order valence-corrected chi connectivity index (χ3v) is 6.71. The van der Waals surface area contributed by atoms with E-state index >= 15 is 0 Å². The molecule has 2 N–H and O–H groups in total. The molecule has 0 atom stereocenters. The van der Waals surface area contributed by atoms with E-state index in [1.165, 1.54) is 44.6 Å². The molecule has 3 aromatic rings. The van der Waals surface area contributed by atoms with Gasteiger partial charge in [0.05, 0.1) is 36.1 Å². The molecular weight excluding hydrogens is 496 g/mol. The van der Waals surface area contributed by atoms with Crippen LogP contribution in [0.3, 0.4) is 0 Å². The molecule has 0 aliphatic carbocycles. The third-order valence-electron chi connectivity index (χ3n) is 4.85. The van der Waals surface area contributed by atoms with E-state index in [9.17, 15) is 22.8 Å². The summed E-state index contributed by atoms with van der Waals surface area (Å²) in [5, 5.41) is 2.42. The number of anilines is 2. The molecule has 11 heteroatoms. The highest BCUT2D eigenvalue weighted by Gasteiger charge is 2.22. The number of halogens is 1. The topological polar surface area (TPSA) is 128 Å². The number of rotatable bonds is 7. The van der Waals surface area contributed by atoms with Crippen LogP contribution in [0, 0.1) is 6.92 Å². The Bertz CT molecular complexity index is 1420. The summed E-state index contributed by atoms with van der Waals surface area (Å²) in [5.41, 5.74) is 1.16. The lowest BCUT2D eigenvalue weighted by Gasteiger charge is -2.13. The Hall–Kier alpha value is -3.89. The van der Waals surface area contributed by atoms with Gasteiger partial charge in [-0.3, -0.25) is 9.52 Å². The highest BCUT2D eigenvalue weighted by Crippen LogP contribution is 2.27. The monoisotopic (exact) mass is 516 g/mol. The summed E-state index contributed by atoms with van der Waals surface area (Å²) in [6.45, 7) is 1.81. The minimum Gasteiger partial charge on any atom is -0.465 e. The molecule has 0 heterocycles. The van der Waals surface area contributed by atoms with E-state index in [0.29, 0.717) is 5.69 Å². The number of ether oxygens (including phenoxy) is 2. The van der Waals surface area contributed by atoms with Crippen molar-refractivity contribution in [1.82, 2.24) is 0 Å². The Morgan fingerprint density at radius 2 is 1.54 bits per heavy atom. The summed E-state index contributed by atoms with van der Waals surface area (Å²) in [7, 11) is -1.78. The lowest BCUT2D eigenvalue weighted by Crippen LogP contribution is -2.18. The second-order valence-electron chi connectivity index (χ2n) is 7.32. The van der Waals surface area contributed by atoms with Crippen molar-refractivity contribution in [2.24, 2.45) is 0 Å². The molecule has 0 unspecified atom stereocenters. The smallest absolute Gasteiger partial charge is 0.339 e. The van der Waals surface area contributed by atoms with Crippen molar-refractivity contribution in [3.05, 3.63) is 87.9 Å². The van der Waals surface area contributed by atoms with Crippen molar-refractivity contribution < 1.29 is 32.3 Å². The standard InChI is InChI=1S/C24H21ClN2O7S/c1-14-5-4-6-17(11-14)27-35(31,32)21-13-15(8-10-19(21)25)22(28)26-20-12-16(23(29)33-2)7-9-18(20)24(30)34-3/h4-13,27H,1-3H3,(H,26,28). The highest BCUT2D eigenvalue weighted by atomic mass is 35.5. The minimum absolute atomic E-state index is 0.0172. The zero-order valence-corrected chi connectivity index (χ0v) is 20.5. The van der Waals surface area contributed by atoms with Gasteiger partial charge in [-0.1, -0.05) is 23.7 Å². The number of methoxy groups -OCH3 is 2. The molecule has 35 heavy (non-hydrogen) atoms. The number of hydrogen-bond donors (Lipinski definition) is 2. The highest BCUT2D eigenvalue weighted by molar-refractivity contribution is 7.92. The van der Waals surface area contributed by atoms with Crippen LogP contribution in [0.5, 0.6) is 0 Å². The van der Waals surface area contributed by atoms with Crippen LogP contribution >= 0.6 is 11.6 Å². The lowest BCUT2D eigenvalue weighted by atomic mass is 10.1. The van der Waals surface area contributed by atoms with Gasteiger partial charge in [-0.15, -0.1) is 0 Å². The van der Waals surface area contributed by atoms with Gasteiger partial charge in [0.1, 0.15) is 4.90 Å². The summed E-state index contributed by atoms with van der Waals surface area (Å²) in [5.74, 6) is -2.18. The van der Waals surface area contributed by atoms with Gasteiger partial charge >= 0.3 is 11.9 Å². The normalized spacial score (nSPS) is 10.9. The van der Waals surface area contributed by atoms with Gasteiger partial charge in [-0.05, 0) is 61.0 Å². The van der Waals surface area contributed by atoms with Gasteiger partial charge < -0.3 is 14.8 Å². The first-order valence-electron chi connectivity index (χ1n) is 10.1. The number of nitrogens with one attached hydrogen (secondary N) is 2. The van der Waals surface area contributed by atoms with Crippen LogP contribution in [0.25, 0.3) is 0 Å². The maximum Gasteiger partial charge on any atom is 0.339 e. The molecule has 0 saturated carbocycles. The Morgan fingerprint density at radius 3 is 2.20 bits per heavy atom. The molecule has 0 bridgehead atoms. The molecule has 3 rings (SSSR count). The molecule has 0 aliphatic rings. The van der Waals surface area contributed by atoms with E-state index in [0.717, 1.165) is 11.6 Å². The van der Waals surface area contributed by atoms with E-state index in [2.05, 4.69) is 14.8 Å². The van der Waals surface area contributed by atoms with E-state index in [1.54, 1.807) is 18.2 Å². The van der Waals surface area contributed by atoms with Crippen molar-refractivity contribution in [2.45, 2.75) is 11.8 Å². The quantitative estimate of drug-likeness (QED) is 0.449. The van der Waals surface area contributed by atoms with Gasteiger partial charge in [-0.2, -0.15) is 0 Å². The van der Waals surface area contributed by atoms with Gasteiger partial charge in [-0.25, -0.2) is 18.0 Å². The second kappa shape index (κ2) is 10.6. The third kappa shape index (κ3) is 5.97. The van der Waals surface area contributed by atoms with Crippen LogP contribution in [0.4, 0.5) is 11.4 Å². The molecule has 0 radical (unpaired) electrons. The van der Waals surface area contributed by atoms with Crippen LogP contribution in [-0.2, 0) is 19.5 Å². The number of aryl methyl sites for hydroxylation is 1. The molecule has 3 aromatic carbocycles. The lowest BCUT2D eigenvalue weighted by molar-refractivity contribution is 0.0587. The summed E-state index contributed by atoms with van der Waals surface area (Å²) in [4.78, 5) is 36.7. The Kier molecular flexibility index (Phi) is 7.78.